The highest BCUT2D eigenvalue weighted by Crippen LogP contribution is 2.38. The number of allylic oxidation sites excluding steroid dienone is 9. The first kappa shape index (κ1) is 86.7. The van der Waals surface area contributed by atoms with Crippen molar-refractivity contribution in [2.24, 2.45) is 0 Å². The van der Waals surface area contributed by atoms with Crippen LogP contribution in [0.4, 0.5) is 0 Å². The summed E-state index contributed by atoms with van der Waals surface area (Å²) in [5.74, 6) is -0.527. The number of amides is 1. The van der Waals surface area contributed by atoms with Crippen molar-refractivity contribution in [3.63, 3.8) is 0 Å². The van der Waals surface area contributed by atoms with E-state index in [4.69, 9.17) is 13.8 Å². The lowest BCUT2D eigenvalue weighted by Gasteiger charge is -2.30. The predicted molar refractivity (Wildman–Crippen MR) is 385 cm³/mol. The van der Waals surface area contributed by atoms with E-state index in [0.717, 1.165) is 70.6 Å². The zero-order chi connectivity index (χ0) is 64.9. The maximum absolute atomic E-state index is 13.6. The van der Waals surface area contributed by atoms with E-state index >= 15 is 0 Å². The number of phosphoric acid groups is 1. The van der Waals surface area contributed by atoms with Crippen LogP contribution in [0.5, 0.6) is 0 Å². The van der Waals surface area contributed by atoms with Gasteiger partial charge in [-0.15, -0.1) is 0 Å². The molecule has 0 heterocycles. The fourth-order valence-electron chi connectivity index (χ4n) is 11.5. The van der Waals surface area contributed by atoms with Crippen LogP contribution in [0.2, 0.25) is 0 Å². The Kier molecular flexibility index (Phi) is 66.8. The fourth-order valence-corrected chi connectivity index (χ4v) is 12.2. The molecule has 0 aliphatic carbocycles. The third-order valence-electron chi connectivity index (χ3n) is 17.4. The van der Waals surface area contributed by atoms with E-state index < -0.39 is 20.0 Å². The lowest BCUT2D eigenvalue weighted by Crippen LogP contribution is -2.47. The van der Waals surface area contributed by atoms with E-state index in [1.54, 1.807) is 0 Å². The van der Waals surface area contributed by atoms with Gasteiger partial charge in [-0.25, -0.2) is 0 Å². The molecule has 0 fully saturated rings. The Hall–Kier alpha value is -2.29. The lowest BCUT2D eigenvalue weighted by molar-refractivity contribution is -0.870. The van der Waals surface area contributed by atoms with Gasteiger partial charge in [0.2, 0.25) is 5.91 Å². The van der Waals surface area contributed by atoms with Crippen molar-refractivity contribution < 1.29 is 37.3 Å². The average molecular weight is 1270 g/mol. The Morgan fingerprint density at radius 2 is 0.685 bits per heavy atom. The van der Waals surface area contributed by atoms with Crippen molar-refractivity contribution in [1.82, 2.24) is 5.32 Å². The average Bonchev–Trinajstić information content (AvgIpc) is 3.64. The number of carbonyl (C=O) groups excluding carboxylic acids is 2. The SMILES string of the molecule is CCCCC/C=C\C/C=C\C/C=C\CCCCCCCCCCCCCCC(=O)OC(/C=C/CCCCCCCCCCC)C(COP(=O)([O-])OCC[N+](C)(C)C)NC(=O)CCCCCCCCCCCCCCCCCCC/C=C/CCCCCCCC. The molecule has 0 rings (SSSR count). The number of phosphoric ester groups is 1. The van der Waals surface area contributed by atoms with Crippen LogP contribution in [0.3, 0.4) is 0 Å². The smallest absolute Gasteiger partial charge is 0.306 e. The minimum atomic E-state index is -4.71. The summed E-state index contributed by atoms with van der Waals surface area (Å²) in [5.41, 5.74) is 0. The summed E-state index contributed by atoms with van der Waals surface area (Å²) >= 11 is 0. The molecule has 1 amide bonds. The lowest BCUT2D eigenvalue weighted by atomic mass is 10.0. The monoisotopic (exact) mass is 1270 g/mol. The Morgan fingerprint density at radius 1 is 0.393 bits per heavy atom. The first-order valence-corrected chi connectivity index (χ1v) is 40.1. The van der Waals surface area contributed by atoms with Gasteiger partial charge in [0, 0.05) is 12.8 Å². The highest BCUT2D eigenvalue weighted by atomic mass is 31.2. The fraction of sp³-hybridized carbons (Fsp3) is 0.848. The van der Waals surface area contributed by atoms with Gasteiger partial charge >= 0.3 is 5.97 Å². The number of carbonyl (C=O) groups is 2. The molecule has 0 spiro atoms. The number of hydrogen-bond acceptors (Lipinski definition) is 7. The van der Waals surface area contributed by atoms with Gasteiger partial charge in [0.25, 0.3) is 7.82 Å². The van der Waals surface area contributed by atoms with E-state index in [0.29, 0.717) is 17.4 Å². The van der Waals surface area contributed by atoms with Gasteiger partial charge in [0.05, 0.1) is 33.8 Å². The molecule has 10 heteroatoms. The molecule has 0 radical (unpaired) electrons. The molecule has 0 aliphatic rings. The van der Waals surface area contributed by atoms with Gasteiger partial charge < -0.3 is 28.5 Å². The molecule has 0 aliphatic heterocycles. The highest BCUT2D eigenvalue weighted by molar-refractivity contribution is 7.45. The molecule has 0 aromatic rings. The summed E-state index contributed by atoms with van der Waals surface area (Å²) in [5, 5.41) is 3.05. The topological polar surface area (TPSA) is 114 Å². The molecule has 3 unspecified atom stereocenters. The number of rotatable bonds is 71. The molecule has 9 nitrogen and oxygen atoms in total. The number of hydrogen-bond donors (Lipinski definition) is 1. The molecule has 0 aromatic heterocycles. The van der Waals surface area contributed by atoms with Crippen molar-refractivity contribution in [2.45, 2.75) is 392 Å². The van der Waals surface area contributed by atoms with Crippen LogP contribution in [0.25, 0.3) is 0 Å². The summed E-state index contributed by atoms with van der Waals surface area (Å²) in [4.78, 5) is 40.3. The molecular weight excluding hydrogens is 1120 g/mol. The van der Waals surface area contributed by atoms with E-state index in [1.165, 1.54) is 276 Å². The normalized spacial score (nSPS) is 13.7. The Labute approximate surface area is 553 Å². The molecule has 0 saturated heterocycles. The molecule has 89 heavy (non-hydrogen) atoms. The van der Waals surface area contributed by atoms with E-state index in [9.17, 15) is 19.0 Å². The first-order chi connectivity index (χ1) is 43.4. The van der Waals surface area contributed by atoms with Crippen LogP contribution >= 0.6 is 7.82 Å². The van der Waals surface area contributed by atoms with Crippen molar-refractivity contribution in [2.75, 3.05) is 40.9 Å². The number of nitrogens with zero attached hydrogens (tertiary/aromatic N) is 1. The molecule has 3 atom stereocenters. The number of ether oxygens (including phenoxy) is 1. The maximum Gasteiger partial charge on any atom is 0.306 e. The summed E-state index contributed by atoms with van der Waals surface area (Å²) < 4.78 is 30.5. The van der Waals surface area contributed by atoms with Gasteiger partial charge in [0.1, 0.15) is 19.3 Å². The van der Waals surface area contributed by atoms with Crippen LogP contribution in [-0.2, 0) is 27.9 Å². The van der Waals surface area contributed by atoms with Gasteiger partial charge in [-0.05, 0) is 96.0 Å². The highest BCUT2D eigenvalue weighted by Gasteiger charge is 2.27. The third-order valence-corrected chi connectivity index (χ3v) is 18.4. The zero-order valence-corrected chi connectivity index (χ0v) is 60.8. The second-order valence-corrected chi connectivity index (χ2v) is 28.9. The van der Waals surface area contributed by atoms with Crippen LogP contribution in [-0.4, -0.2) is 69.4 Å². The summed E-state index contributed by atoms with van der Waals surface area (Å²) in [7, 11) is 1.20. The molecular formula is C79H149N2O7P. The standard InChI is InChI=1S/C79H149N2O7P/c1-7-10-13-16-19-22-25-27-29-31-33-35-37-39-40-42-43-45-47-49-51-53-56-59-62-65-68-71-78(82)80-76(75-87-89(84,85)86-74-73-81(4,5)6)77(70-67-64-61-58-55-24-21-18-15-12-9-3)88-79(83)72-69-66-63-60-57-54-52-50-48-46-44-41-38-36-34-32-30-28-26-23-20-17-14-11-8-2/h20,23,27-30,34,36,67,70,76-77H,7-19,21-22,24-26,31-33,35,37-66,68-69,71-75H2,1-6H3,(H-,80,82,84,85)/b23-20-,29-27+,30-28-,36-34-,70-67+. The Bertz CT molecular complexity index is 1700. The Morgan fingerprint density at radius 3 is 1.06 bits per heavy atom. The van der Waals surface area contributed by atoms with E-state index in [1.807, 2.05) is 33.3 Å². The molecule has 522 valence electrons. The van der Waals surface area contributed by atoms with Crippen molar-refractivity contribution in [3.8, 4) is 0 Å². The molecule has 1 N–H and O–H groups in total. The van der Waals surface area contributed by atoms with Crippen LogP contribution in [0.1, 0.15) is 380 Å². The second kappa shape index (κ2) is 68.6. The number of quaternary nitrogens is 1. The van der Waals surface area contributed by atoms with Crippen molar-refractivity contribution in [1.29, 1.82) is 0 Å². The first-order valence-electron chi connectivity index (χ1n) is 38.6. The number of unbranched alkanes of at least 4 members (excludes halogenated alkanes) is 47. The largest absolute Gasteiger partial charge is 0.756 e. The van der Waals surface area contributed by atoms with Gasteiger partial charge in [-0.2, -0.15) is 0 Å². The van der Waals surface area contributed by atoms with E-state index in [-0.39, 0.29) is 31.5 Å². The van der Waals surface area contributed by atoms with Crippen molar-refractivity contribution >= 4 is 19.7 Å². The summed E-state index contributed by atoms with van der Waals surface area (Å²) in [6.07, 6.45) is 89.4. The number of likely N-dealkylation sites (N-methyl/N-ethyl adjacent to an activating group) is 1. The van der Waals surface area contributed by atoms with E-state index in [2.05, 4.69) is 74.7 Å². The van der Waals surface area contributed by atoms with Gasteiger partial charge in [-0.1, -0.05) is 332 Å². The van der Waals surface area contributed by atoms with Crippen LogP contribution in [0, 0.1) is 0 Å². The zero-order valence-electron chi connectivity index (χ0n) is 59.9. The van der Waals surface area contributed by atoms with Crippen LogP contribution in [0.15, 0.2) is 60.8 Å². The van der Waals surface area contributed by atoms with Gasteiger partial charge in [0.15, 0.2) is 0 Å². The minimum Gasteiger partial charge on any atom is -0.756 e. The second-order valence-electron chi connectivity index (χ2n) is 27.5. The molecule has 0 aromatic carbocycles. The number of nitrogens with one attached hydrogen (secondary N) is 1. The maximum atomic E-state index is 13.6. The number of esters is 1. The molecule has 0 saturated carbocycles. The quantitative estimate of drug-likeness (QED) is 0.0212. The van der Waals surface area contributed by atoms with Crippen molar-refractivity contribution in [3.05, 3.63) is 60.8 Å². The van der Waals surface area contributed by atoms with Gasteiger partial charge in [-0.3, -0.25) is 14.2 Å². The molecule has 0 bridgehead atoms. The summed E-state index contributed by atoms with van der Waals surface area (Å²) in [6, 6.07) is -0.889. The van der Waals surface area contributed by atoms with Crippen LogP contribution < -0.4 is 10.2 Å². The minimum absolute atomic E-state index is 0.0216. The predicted octanol–water partition coefficient (Wildman–Crippen LogP) is 24.3. The summed E-state index contributed by atoms with van der Waals surface area (Å²) in [6.45, 7) is 6.86. The Balaban J connectivity index is 4.90. The third kappa shape index (κ3) is 69.9.